The maximum atomic E-state index is 10.9. The quantitative estimate of drug-likeness (QED) is 0.728. The summed E-state index contributed by atoms with van der Waals surface area (Å²) >= 11 is 5.66. The van der Waals surface area contributed by atoms with Crippen LogP contribution in [0, 0.1) is 0 Å². The summed E-state index contributed by atoms with van der Waals surface area (Å²) in [6.45, 7) is 0. The number of nitrogens with zero attached hydrogens (tertiary/aromatic N) is 1. The van der Waals surface area contributed by atoms with E-state index in [0.29, 0.717) is 5.39 Å². The Balaban J connectivity index is 2.90. The van der Waals surface area contributed by atoms with Gasteiger partial charge in [0.2, 0.25) is 0 Å². The zero-order valence-electron chi connectivity index (χ0n) is 7.44. The number of carboxylic acids is 1. The second-order valence-corrected chi connectivity index (χ2v) is 3.36. The van der Waals surface area contributed by atoms with Gasteiger partial charge in [-0.15, -0.1) is 0 Å². The Labute approximate surface area is 89.8 Å². The van der Waals surface area contributed by atoms with Crippen LogP contribution in [0.5, 0.6) is 5.75 Å². The van der Waals surface area contributed by atoms with E-state index in [1.807, 2.05) is 0 Å². The number of halogens is 1. The molecule has 0 unspecified atom stereocenters. The van der Waals surface area contributed by atoms with Crippen LogP contribution in [-0.4, -0.2) is 21.2 Å². The average molecular weight is 224 g/mol. The zero-order chi connectivity index (χ0) is 11.0. The van der Waals surface area contributed by atoms with Crippen LogP contribution in [0.4, 0.5) is 0 Å². The summed E-state index contributed by atoms with van der Waals surface area (Å²) in [6, 6.07) is 6.12. The van der Waals surface area contributed by atoms with Crippen molar-refractivity contribution in [3.63, 3.8) is 0 Å². The molecule has 76 valence electrons. The molecule has 0 amide bonds. The number of pyridine rings is 1. The highest BCUT2D eigenvalue weighted by atomic mass is 35.5. The number of hydrogen-bond acceptors (Lipinski definition) is 3. The number of carboxylic acid groups (broad SMARTS) is 1. The van der Waals surface area contributed by atoms with Gasteiger partial charge in [-0.05, 0) is 24.3 Å². The molecule has 0 spiro atoms. The van der Waals surface area contributed by atoms with Crippen LogP contribution in [0.2, 0.25) is 5.15 Å². The minimum atomic E-state index is -1.23. The molecule has 0 aliphatic heterocycles. The number of rotatable bonds is 1. The number of hydrogen-bond donors (Lipinski definition) is 2. The fourth-order valence-corrected chi connectivity index (χ4v) is 1.51. The lowest BCUT2D eigenvalue weighted by Crippen LogP contribution is -1.99. The molecule has 1 heterocycles. The first-order chi connectivity index (χ1) is 7.09. The van der Waals surface area contributed by atoms with Crippen LogP contribution < -0.4 is 0 Å². The van der Waals surface area contributed by atoms with E-state index in [1.54, 1.807) is 18.2 Å². The second kappa shape index (κ2) is 3.40. The van der Waals surface area contributed by atoms with Gasteiger partial charge in [0, 0.05) is 5.39 Å². The van der Waals surface area contributed by atoms with E-state index >= 15 is 0 Å². The summed E-state index contributed by atoms with van der Waals surface area (Å²) in [5.41, 5.74) is -0.0370. The predicted octanol–water partition coefficient (Wildman–Crippen LogP) is 2.29. The molecule has 4 nitrogen and oxygen atoms in total. The lowest BCUT2D eigenvalue weighted by atomic mass is 10.1. The molecule has 0 radical (unpaired) electrons. The summed E-state index contributed by atoms with van der Waals surface area (Å²) in [4.78, 5) is 14.8. The zero-order valence-corrected chi connectivity index (χ0v) is 8.19. The Hall–Kier alpha value is -1.81. The molecule has 1 aromatic carbocycles. The highest BCUT2D eigenvalue weighted by Gasteiger charge is 2.15. The largest absolute Gasteiger partial charge is 0.507 e. The number of aromatic nitrogens is 1. The van der Waals surface area contributed by atoms with E-state index in [4.69, 9.17) is 16.7 Å². The van der Waals surface area contributed by atoms with Crippen molar-refractivity contribution in [1.29, 1.82) is 0 Å². The van der Waals surface area contributed by atoms with Crippen molar-refractivity contribution in [2.75, 3.05) is 0 Å². The second-order valence-electron chi connectivity index (χ2n) is 2.97. The highest BCUT2D eigenvalue weighted by molar-refractivity contribution is 6.30. The fourth-order valence-electron chi connectivity index (χ4n) is 1.37. The van der Waals surface area contributed by atoms with E-state index in [2.05, 4.69) is 4.98 Å². The minimum Gasteiger partial charge on any atom is -0.507 e. The minimum absolute atomic E-state index is 0.190. The van der Waals surface area contributed by atoms with Gasteiger partial charge in [-0.1, -0.05) is 11.6 Å². The molecule has 1 aromatic heterocycles. The molecule has 15 heavy (non-hydrogen) atoms. The van der Waals surface area contributed by atoms with E-state index in [-0.39, 0.29) is 22.0 Å². The maximum absolute atomic E-state index is 10.9. The Bertz CT molecular complexity index is 548. The molecule has 0 aliphatic carbocycles. The van der Waals surface area contributed by atoms with E-state index in [1.165, 1.54) is 6.07 Å². The molecular weight excluding hydrogens is 218 g/mol. The Kier molecular flexibility index (Phi) is 2.21. The van der Waals surface area contributed by atoms with E-state index in [0.717, 1.165) is 0 Å². The summed E-state index contributed by atoms with van der Waals surface area (Å²) < 4.78 is 0. The molecule has 0 saturated heterocycles. The number of phenols is 1. The predicted molar refractivity (Wildman–Crippen MR) is 55.4 cm³/mol. The SMILES string of the molecule is O=C(O)c1c(O)ccc2ccc(Cl)nc12. The van der Waals surface area contributed by atoms with Crippen LogP contribution in [-0.2, 0) is 0 Å². The maximum Gasteiger partial charge on any atom is 0.341 e. The first kappa shape index (κ1) is 9.73. The van der Waals surface area contributed by atoms with Crippen molar-refractivity contribution < 1.29 is 15.0 Å². The fraction of sp³-hybridized carbons (Fsp3) is 0. The van der Waals surface area contributed by atoms with E-state index < -0.39 is 5.97 Å². The van der Waals surface area contributed by atoms with Gasteiger partial charge < -0.3 is 10.2 Å². The highest BCUT2D eigenvalue weighted by Crippen LogP contribution is 2.26. The third-order valence-electron chi connectivity index (χ3n) is 2.02. The Morgan fingerprint density at radius 3 is 2.60 bits per heavy atom. The third kappa shape index (κ3) is 1.59. The number of carbonyl (C=O) groups is 1. The number of benzene rings is 1. The Morgan fingerprint density at radius 1 is 1.27 bits per heavy atom. The van der Waals surface area contributed by atoms with Gasteiger partial charge in [0.15, 0.2) is 0 Å². The van der Waals surface area contributed by atoms with Crippen LogP contribution in [0.3, 0.4) is 0 Å². The number of fused-ring (bicyclic) bond motifs is 1. The van der Waals surface area contributed by atoms with Crippen LogP contribution in [0.15, 0.2) is 24.3 Å². The summed E-state index contributed by atoms with van der Waals surface area (Å²) in [6.07, 6.45) is 0. The standard InChI is InChI=1S/C10H6ClNO3/c11-7-4-2-5-1-3-6(13)8(10(14)15)9(5)12-7/h1-4,13H,(H,14,15). The monoisotopic (exact) mass is 223 g/mol. The molecule has 0 fully saturated rings. The van der Waals surface area contributed by atoms with Gasteiger partial charge in [0.05, 0.1) is 5.52 Å². The molecule has 2 aromatic rings. The third-order valence-corrected chi connectivity index (χ3v) is 2.23. The van der Waals surface area contributed by atoms with Gasteiger partial charge in [0.1, 0.15) is 16.5 Å². The molecular formula is C10H6ClNO3. The van der Waals surface area contributed by atoms with Gasteiger partial charge in [-0.3, -0.25) is 0 Å². The van der Waals surface area contributed by atoms with Crippen molar-refractivity contribution in [3.05, 3.63) is 35.0 Å². The first-order valence-corrected chi connectivity index (χ1v) is 4.49. The molecule has 0 bridgehead atoms. The first-order valence-electron chi connectivity index (χ1n) is 4.11. The topological polar surface area (TPSA) is 70.4 Å². The molecule has 0 saturated carbocycles. The lowest BCUT2D eigenvalue weighted by molar-refractivity contribution is 0.0696. The van der Waals surface area contributed by atoms with Crippen molar-refractivity contribution >= 4 is 28.5 Å². The summed E-state index contributed by atoms with van der Waals surface area (Å²) in [5, 5.41) is 19.1. The molecule has 2 N–H and O–H groups in total. The molecule has 5 heteroatoms. The van der Waals surface area contributed by atoms with Crippen molar-refractivity contribution in [1.82, 2.24) is 4.98 Å². The molecule has 0 aliphatic rings. The number of aromatic hydroxyl groups is 1. The summed E-state index contributed by atoms with van der Waals surface area (Å²) in [7, 11) is 0. The summed E-state index contributed by atoms with van der Waals surface area (Å²) in [5.74, 6) is -1.54. The van der Waals surface area contributed by atoms with Crippen LogP contribution >= 0.6 is 11.6 Å². The van der Waals surface area contributed by atoms with Crippen molar-refractivity contribution in [3.8, 4) is 5.75 Å². The van der Waals surface area contributed by atoms with Crippen LogP contribution in [0.25, 0.3) is 10.9 Å². The molecule has 2 rings (SSSR count). The Morgan fingerprint density at radius 2 is 1.93 bits per heavy atom. The van der Waals surface area contributed by atoms with Crippen molar-refractivity contribution in [2.45, 2.75) is 0 Å². The van der Waals surface area contributed by atoms with Gasteiger partial charge >= 0.3 is 5.97 Å². The van der Waals surface area contributed by atoms with Crippen LogP contribution in [0.1, 0.15) is 10.4 Å². The number of aromatic carboxylic acids is 1. The smallest absolute Gasteiger partial charge is 0.341 e. The van der Waals surface area contributed by atoms with Gasteiger partial charge in [-0.2, -0.15) is 0 Å². The normalized spacial score (nSPS) is 10.5. The van der Waals surface area contributed by atoms with Gasteiger partial charge in [-0.25, -0.2) is 9.78 Å². The average Bonchev–Trinajstić information content (AvgIpc) is 2.16. The van der Waals surface area contributed by atoms with Crippen molar-refractivity contribution in [2.24, 2.45) is 0 Å². The van der Waals surface area contributed by atoms with Gasteiger partial charge in [0.25, 0.3) is 0 Å². The molecule has 0 atom stereocenters. The lowest BCUT2D eigenvalue weighted by Gasteiger charge is -2.04. The van der Waals surface area contributed by atoms with E-state index in [9.17, 15) is 9.90 Å².